The van der Waals surface area contributed by atoms with Crippen molar-refractivity contribution in [3.63, 3.8) is 0 Å². The first-order valence-corrected chi connectivity index (χ1v) is 9.28. The Morgan fingerprint density at radius 3 is 2.74 bits per heavy atom. The van der Waals surface area contributed by atoms with E-state index in [9.17, 15) is 0 Å². The van der Waals surface area contributed by atoms with Gasteiger partial charge in [0.05, 0.1) is 6.61 Å². The van der Waals surface area contributed by atoms with E-state index in [2.05, 4.69) is 53.3 Å². The molecule has 1 aliphatic rings. The van der Waals surface area contributed by atoms with Crippen LogP contribution < -0.4 is 5.32 Å². The molecule has 1 N–H and O–H groups in total. The van der Waals surface area contributed by atoms with Gasteiger partial charge in [-0.2, -0.15) is 11.8 Å². The van der Waals surface area contributed by atoms with E-state index in [1.54, 1.807) is 0 Å². The standard InChI is InChI=1S/C18H29N3OS/c1-5-22-13-16-9-7-6-8-15(16)12-20-17(19-4)21-10-11-23-18(2,3)14-21/h6-9H,5,10-14H2,1-4H3,(H,19,20). The third kappa shape index (κ3) is 5.43. The molecule has 0 radical (unpaired) electrons. The average Bonchev–Trinajstić information content (AvgIpc) is 2.53. The van der Waals surface area contributed by atoms with Crippen LogP contribution in [0.5, 0.6) is 0 Å². The molecule has 1 heterocycles. The minimum atomic E-state index is 0.280. The van der Waals surface area contributed by atoms with Crippen molar-refractivity contribution in [2.45, 2.75) is 38.7 Å². The highest BCUT2D eigenvalue weighted by Gasteiger charge is 2.28. The lowest BCUT2D eigenvalue weighted by atomic mass is 10.1. The molecule has 1 aliphatic heterocycles. The Bertz CT molecular complexity index is 531. The Labute approximate surface area is 144 Å². The summed E-state index contributed by atoms with van der Waals surface area (Å²) in [6.45, 7) is 10.9. The van der Waals surface area contributed by atoms with Gasteiger partial charge in [-0.1, -0.05) is 24.3 Å². The summed E-state index contributed by atoms with van der Waals surface area (Å²) in [6, 6.07) is 8.44. The smallest absolute Gasteiger partial charge is 0.193 e. The summed E-state index contributed by atoms with van der Waals surface area (Å²) in [5, 5.41) is 3.52. The predicted molar refractivity (Wildman–Crippen MR) is 100 cm³/mol. The highest BCUT2D eigenvalue weighted by atomic mass is 32.2. The summed E-state index contributed by atoms with van der Waals surface area (Å²) in [7, 11) is 1.86. The molecule has 0 bridgehead atoms. The maximum atomic E-state index is 5.57. The van der Waals surface area contributed by atoms with Gasteiger partial charge < -0.3 is 15.0 Å². The number of aliphatic imine (C=N–C) groups is 1. The Hall–Kier alpha value is -1.20. The molecule has 1 aromatic rings. The van der Waals surface area contributed by atoms with Gasteiger partial charge in [-0.15, -0.1) is 0 Å². The number of nitrogens with zero attached hydrogens (tertiary/aromatic N) is 2. The van der Waals surface area contributed by atoms with Gasteiger partial charge in [-0.05, 0) is 31.9 Å². The zero-order valence-electron chi connectivity index (χ0n) is 14.8. The summed E-state index contributed by atoms with van der Waals surface area (Å²) >= 11 is 2.04. The van der Waals surface area contributed by atoms with Crippen LogP contribution in [0.3, 0.4) is 0 Å². The van der Waals surface area contributed by atoms with E-state index in [-0.39, 0.29) is 4.75 Å². The van der Waals surface area contributed by atoms with Crippen LogP contribution in [0.1, 0.15) is 31.9 Å². The Morgan fingerprint density at radius 2 is 2.09 bits per heavy atom. The van der Waals surface area contributed by atoms with Gasteiger partial charge >= 0.3 is 0 Å². The number of hydrogen-bond acceptors (Lipinski definition) is 3. The lowest BCUT2D eigenvalue weighted by molar-refractivity contribution is 0.133. The van der Waals surface area contributed by atoms with Crippen LogP contribution in [0.2, 0.25) is 0 Å². The molecular weight excluding hydrogens is 306 g/mol. The highest BCUT2D eigenvalue weighted by molar-refractivity contribution is 8.00. The Balaban J connectivity index is 1.98. The summed E-state index contributed by atoms with van der Waals surface area (Å²) in [6.07, 6.45) is 0. The van der Waals surface area contributed by atoms with Gasteiger partial charge in [0, 0.05) is 43.8 Å². The molecular formula is C18H29N3OS. The van der Waals surface area contributed by atoms with E-state index in [0.29, 0.717) is 6.61 Å². The van der Waals surface area contributed by atoms with Crippen LogP contribution >= 0.6 is 11.8 Å². The Kier molecular flexibility index (Phi) is 6.78. The van der Waals surface area contributed by atoms with E-state index in [1.807, 2.05) is 25.7 Å². The van der Waals surface area contributed by atoms with Crippen molar-refractivity contribution < 1.29 is 4.74 Å². The molecule has 1 fully saturated rings. The van der Waals surface area contributed by atoms with Gasteiger partial charge in [-0.3, -0.25) is 4.99 Å². The van der Waals surface area contributed by atoms with Crippen LogP contribution in [0.25, 0.3) is 0 Å². The zero-order chi connectivity index (χ0) is 16.7. The second-order valence-corrected chi connectivity index (χ2v) is 8.14. The first kappa shape index (κ1) is 18.1. The summed E-state index contributed by atoms with van der Waals surface area (Å²) < 4.78 is 5.85. The fraction of sp³-hybridized carbons (Fsp3) is 0.611. The molecule has 2 rings (SSSR count). The number of ether oxygens (including phenoxy) is 1. The summed E-state index contributed by atoms with van der Waals surface area (Å²) in [4.78, 5) is 6.84. The van der Waals surface area contributed by atoms with E-state index in [1.165, 1.54) is 11.1 Å². The lowest BCUT2D eigenvalue weighted by Crippen LogP contribution is -2.50. The van der Waals surface area contributed by atoms with Crippen molar-refractivity contribution >= 4 is 17.7 Å². The fourth-order valence-electron chi connectivity index (χ4n) is 2.79. The molecule has 0 aromatic heterocycles. The third-order valence-corrected chi connectivity index (χ3v) is 5.25. The second-order valence-electron chi connectivity index (χ2n) is 6.34. The maximum absolute atomic E-state index is 5.57. The van der Waals surface area contributed by atoms with Crippen LogP contribution in [0, 0.1) is 0 Å². The maximum Gasteiger partial charge on any atom is 0.193 e. The number of benzene rings is 1. The molecule has 0 amide bonds. The topological polar surface area (TPSA) is 36.9 Å². The number of hydrogen-bond donors (Lipinski definition) is 1. The molecule has 4 nitrogen and oxygen atoms in total. The minimum Gasteiger partial charge on any atom is -0.377 e. The normalized spacial score (nSPS) is 18.1. The SMILES string of the molecule is CCOCc1ccccc1CNC(=NC)N1CCSC(C)(C)C1. The fourth-order valence-corrected chi connectivity index (χ4v) is 3.90. The van der Waals surface area contributed by atoms with Crippen molar-refractivity contribution in [3.8, 4) is 0 Å². The molecule has 128 valence electrons. The Morgan fingerprint density at radius 1 is 1.35 bits per heavy atom. The molecule has 1 aromatic carbocycles. The third-order valence-electron chi connectivity index (χ3n) is 3.95. The molecule has 23 heavy (non-hydrogen) atoms. The second kappa shape index (κ2) is 8.60. The molecule has 0 spiro atoms. The lowest BCUT2D eigenvalue weighted by Gasteiger charge is -2.39. The highest BCUT2D eigenvalue weighted by Crippen LogP contribution is 2.29. The minimum absolute atomic E-state index is 0.280. The number of guanidine groups is 1. The monoisotopic (exact) mass is 335 g/mol. The molecule has 0 atom stereocenters. The van der Waals surface area contributed by atoms with E-state index in [0.717, 1.165) is 38.0 Å². The first-order chi connectivity index (χ1) is 11.1. The number of rotatable bonds is 5. The number of thioether (sulfide) groups is 1. The van der Waals surface area contributed by atoms with Gasteiger partial charge in [0.2, 0.25) is 0 Å². The molecule has 1 saturated heterocycles. The van der Waals surface area contributed by atoms with Gasteiger partial charge in [0.25, 0.3) is 0 Å². The van der Waals surface area contributed by atoms with Crippen molar-refractivity contribution in [2.24, 2.45) is 4.99 Å². The van der Waals surface area contributed by atoms with Crippen LogP contribution in [0.4, 0.5) is 0 Å². The predicted octanol–water partition coefficient (Wildman–Crippen LogP) is 3.13. The summed E-state index contributed by atoms with van der Waals surface area (Å²) in [5.74, 6) is 2.14. The molecule has 0 unspecified atom stereocenters. The molecule has 0 aliphatic carbocycles. The van der Waals surface area contributed by atoms with Crippen LogP contribution in [0.15, 0.2) is 29.3 Å². The van der Waals surface area contributed by atoms with E-state index in [4.69, 9.17) is 4.74 Å². The zero-order valence-corrected chi connectivity index (χ0v) is 15.6. The average molecular weight is 336 g/mol. The van der Waals surface area contributed by atoms with Crippen LogP contribution in [-0.4, -0.2) is 48.1 Å². The van der Waals surface area contributed by atoms with Gasteiger partial charge in [-0.25, -0.2) is 0 Å². The van der Waals surface area contributed by atoms with E-state index >= 15 is 0 Å². The van der Waals surface area contributed by atoms with Gasteiger partial charge in [0.15, 0.2) is 5.96 Å². The van der Waals surface area contributed by atoms with Crippen molar-refractivity contribution in [3.05, 3.63) is 35.4 Å². The van der Waals surface area contributed by atoms with Gasteiger partial charge in [0.1, 0.15) is 0 Å². The quantitative estimate of drug-likeness (QED) is 0.663. The molecule has 5 heteroatoms. The summed E-state index contributed by atoms with van der Waals surface area (Å²) in [5.41, 5.74) is 2.51. The van der Waals surface area contributed by atoms with Crippen LogP contribution in [-0.2, 0) is 17.9 Å². The van der Waals surface area contributed by atoms with Crippen molar-refractivity contribution in [1.82, 2.24) is 10.2 Å². The first-order valence-electron chi connectivity index (χ1n) is 8.30. The number of nitrogens with one attached hydrogen (secondary N) is 1. The van der Waals surface area contributed by atoms with Crippen molar-refractivity contribution in [1.29, 1.82) is 0 Å². The van der Waals surface area contributed by atoms with Crippen molar-refractivity contribution in [2.75, 3.05) is 32.5 Å². The molecule has 0 saturated carbocycles. The largest absolute Gasteiger partial charge is 0.377 e. The van der Waals surface area contributed by atoms with E-state index < -0.39 is 0 Å².